The number of carbonyl (C=O) groups is 1. The van der Waals surface area contributed by atoms with Crippen LogP contribution in [-0.4, -0.2) is 72.1 Å². The predicted molar refractivity (Wildman–Crippen MR) is 139 cm³/mol. The zero-order valence-corrected chi connectivity index (χ0v) is 23.1. The van der Waals surface area contributed by atoms with E-state index in [-0.39, 0.29) is 12.8 Å². The molecular formula is C21H35Cl2N3O8P2. The molecule has 1 aromatic rings. The number of hydrogen-bond donors (Lipinski definition) is 7. The van der Waals surface area contributed by atoms with E-state index in [4.69, 9.17) is 28.9 Å². The van der Waals surface area contributed by atoms with Crippen LogP contribution >= 0.6 is 38.4 Å². The summed E-state index contributed by atoms with van der Waals surface area (Å²) in [4.78, 5) is 52.7. The van der Waals surface area contributed by atoms with Crippen LogP contribution in [0.15, 0.2) is 24.3 Å². The fourth-order valence-corrected chi connectivity index (χ4v) is 7.05. The molecule has 1 amide bonds. The van der Waals surface area contributed by atoms with Crippen molar-refractivity contribution in [2.75, 3.05) is 29.7 Å². The molecule has 0 radical (unpaired) electrons. The van der Waals surface area contributed by atoms with Crippen molar-refractivity contribution in [2.24, 2.45) is 5.73 Å². The highest BCUT2D eigenvalue weighted by Gasteiger charge is 2.59. The molecule has 0 saturated heterocycles. The number of nitrogens with one attached hydrogen (secondary N) is 1. The molecule has 1 aromatic carbocycles. The second-order valence-electron chi connectivity index (χ2n) is 9.18. The van der Waals surface area contributed by atoms with Crippen molar-refractivity contribution in [1.82, 2.24) is 5.32 Å². The molecule has 1 aliphatic rings. The van der Waals surface area contributed by atoms with Crippen LogP contribution in [0, 0.1) is 0 Å². The number of benzene rings is 1. The number of aliphatic hydroxyl groups is 1. The second kappa shape index (κ2) is 12.9. The van der Waals surface area contributed by atoms with E-state index in [1.165, 1.54) is 0 Å². The number of amides is 1. The first-order valence-electron chi connectivity index (χ1n) is 11.6. The van der Waals surface area contributed by atoms with Gasteiger partial charge >= 0.3 is 15.2 Å². The molecular weight excluding hydrogens is 555 g/mol. The van der Waals surface area contributed by atoms with Crippen LogP contribution in [0.4, 0.5) is 5.69 Å². The average molecular weight is 590 g/mol. The van der Waals surface area contributed by atoms with Crippen LogP contribution in [0.25, 0.3) is 0 Å². The number of nitrogens with zero attached hydrogens (tertiary/aromatic N) is 1. The molecule has 8 N–H and O–H groups in total. The number of anilines is 1. The van der Waals surface area contributed by atoms with E-state index >= 15 is 0 Å². The minimum atomic E-state index is -5.58. The third-order valence-corrected chi connectivity index (χ3v) is 10.8. The Balaban J connectivity index is 2.08. The third kappa shape index (κ3) is 7.90. The van der Waals surface area contributed by atoms with Crippen LogP contribution in [0.5, 0.6) is 0 Å². The van der Waals surface area contributed by atoms with Gasteiger partial charge in [-0.2, -0.15) is 0 Å². The normalized spacial score (nSPS) is 17.1. The zero-order valence-electron chi connectivity index (χ0n) is 19.8. The van der Waals surface area contributed by atoms with Crippen molar-refractivity contribution in [1.29, 1.82) is 0 Å². The van der Waals surface area contributed by atoms with Crippen molar-refractivity contribution in [2.45, 2.75) is 61.6 Å². The fraction of sp³-hybridized carbons (Fsp3) is 0.667. The number of carbonyl (C=O) groups excluding carboxylic acids is 1. The van der Waals surface area contributed by atoms with Crippen LogP contribution in [0.3, 0.4) is 0 Å². The van der Waals surface area contributed by atoms with E-state index in [9.17, 15) is 38.6 Å². The van der Waals surface area contributed by atoms with Gasteiger partial charge in [-0.05, 0) is 43.4 Å². The summed E-state index contributed by atoms with van der Waals surface area (Å²) in [7, 11) is -11.2. The molecule has 15 heteroatoms. The molecule has 1 fully saturated rings. The SMILES string of the molecule is N[C@@H](Cc1ccc(N(CCCl)CCCl)cc1)C(=O)NC1(CCC(O)(P(=O)(O)O)P(=O)(O)O)CCCC1. The van der Waals surface area contributed by atoms with E-state index in [0.717, 1.165) is 11.3 Å². The molecule has 0 heterocycles. The quantitative estimate of drug-likeness (QED) is 0.125. The summed E-state index contributed by atoms with van der Waals surface area (Å²) in [6.07, 6.45) is 1.35. The van der Waals surface area contributed by atoms with E-state index in [1.807, 2.05) is 29.2 Å². The minimum absolute atomic E-state index is 0.224. The lowest BCUT2D eigenvalue weighted by atomic mass is 9.90. The number of alkyl halides is 2. The van der Waals surface area contributed by atoms with Crippen molar-refractivity contribution < 1.29 is 38.6 Å². The Kier molecular flexibility index (Phi) is 11.3. The summed E-state index contributed by atoms with van der Waals surface area (Å²) in [6.45, 7) is 1.27. The Morgan fingerprint density at radius 3 is 2.00 bits per heavy atom. The van der Waals surface area contributed by atoms with Gasteiger partial charge in [0.1, 0.15) is 0 Å². The Morgan fingerprint density at radius 1 is 1.06 bits per heavy atom. The second-order valence-corrected chi connectivity index (χ2v) is 13.9. The molecule has 2 rings (SSSR count). The fourth-order valence-electron chi connectivity index (χ4n) is 4.47. The van der Waals surface area contributed by atoms with Gasteiger partial charge in [-0.1, -0.05) is 25.0 Å². The summed E-state index contributed by atoms with van der Waals surface area (Å²) >= 11 is 11.7. The van der Waals surface area contributed by atoms with Crippen molar-refractivity contribution in [3.8, 4) is 0 Å². The molecule has 1 saturated carbocycles. The molecule has 36 heavy (non-hydrogen) atoms. The maximum Gasteiger partial charge on any atom is 0.369 e. The lowest BCUT2D eigenvalue weighted by molar-refractivity contribution is -0.124. The summed E-state index contributed by atoms with van der Waals surface area (Å²) in [5.41, 5.74) is 6.91. The van der Waals surface area contributed by atoms with Crippen LogP contribution in [-0.2, 0) is 20.3 Å². The first-order chi connectivity index (χ1) is 16.7. The predicted octanol–water partition coefficient (Wildman–Crippen LogP) is 2.05. The monoisotopic (exact) mass is 589 g/mol. The Hall–Kier alpha value is -0.710. The average Bonchev–Trinajstić information content (AvgIpc) is 3.25. The van der Waals surface area contributed by atoms with Gasteiger partial charge in [0.15, 0.2) is 0 Å². The highest BCUT2D eigenvalue weighted by molar-refractivity contribution is 7.72. The molecule has 206 valence electrons. The molecule has 1 atom stereocenters. The maximum absolute atomic E-state index is 12.9. The number of hydrogen-bond acceptors (Lipinski definition) is 6. The highest BCUT2D eigenvalue weighted by atomic mass is 35.5. The van der Waals surface area contributed by atoms with Crippen LogP contribution in [0.1, 0.15) is 44.1 Å². The van der Waals surface area contributed by atoms with Crippen molar-refractivity contribution in [3.05, 3.63) is 29.8 Å². The van der Waals surface area contributed by atoms with E-state index in [0.29, 0.717) is 50.5 Å². The van der Waals surface area contributed by atoms with E-state index < -0.39 is 44.2 Å². The van der Waals surface area contributed by atoms with Crippen LogP contribution < -0.4 is 16.0 Å². The largest absolute Gasteiger partial charge is 0.369 e. The summed E-state index contributed by atoms with van der Waals surface area (Å²) in [6, 6.07) is 6.55. The number of nitrogens with two attached hydrogens (primary N) is 1. The molecule has 0 aliphatic heterocycles. The standard InChI is InChI=1S/C21H35Cl2N3O8P2/c22-11-13-26(14-12-23)17-5-3-16(4-6-17)15-18(24)19(27)25-20(7-1-2-8-20)9-10-21(28,35(29,30)31)36(32,33)34/h3-6,18,28H,1-2,7-15,24H2,(H,25,27)(H2,29,30,31)(H2,32,33,34)/t18-/m0/s1. The molecule has 0 spiro atoms. The summed E-state index contributed by atoms with van der Waals surface area (Å²) in [5.74, 6) is 0.402. The van der Waals surface area contributed by atoms with Gasteiger partial charge in [0.2, 0.25) is 5.91 Å². The zero-order chi connectivity index (χ0) is 27.2. The van der Waals surface area contributed by atoms with E-state index in [1.54, 1.807) is 0 Å². The topological polar surface area (TPSA) is 194 Å². The Bertz CT molecular complexity index is 938. The van der Waals surface area contributed by atoms with Gasteiger partial charge in [-0.15, -0.1) is 23.2 Å². The maximum atomic E-state index is 12.9. The minimum Gasteiger partial charge on any atom is -0.369 e. The molecule has 0 aromatic heterocycles. The van der Waals surface area contributed by atoms with Gasteiger partial charge in [0, 0.05) is 42.5 Å². The smallest absolute Gasteiger partial charge is 0.369 e. The molecule has 0 bridgehead atoms. The van der Waals surface area contributed by atoms with Crippen LogP contribution in [0.2, 0.25) is 0 Å². The summed E-state index contributed by atoms with van der Waals surface area (Å²) < 4.78 is 23.4. The van der Waals surface area contributed by atoms with E-state index in [2.05, 4.69) is 5.32 Å². The third-order valence-electron chi connectivity index (χ3n) is 6.62. The van der Waals surface area contributed by atoms with Gasteiger partial charge in [-0.25, -0.2) is 0 Å². The van der Waals surface area contributed by atoms with Gasteiger partial charge in [0.05, 0.1) is 6.04 Å². The lowest BCUT2D eigenvalue weighted by Crippen LogP contribution is -2.53. The highest BCUT2D eigenvalue weighted by Crippen LogP contribution is 2.69. The number of rotatable bonds is 14. The first-order valence-corrected chi connectivity index (χ1v) is 15.8. The van der Waals surface area contributed by atoms with Crippen molar-refractivity contribution in [3.63, 3.8) is 0 Å². The van der Waals surface area contributed by atoms with Gasteiger partial charge in [0.25, 0.3) is 5.08 Å². The van der Waals surface area contributed by atoms with Gasteiger partial charge < -0.3 is 40.6 Å². The number of halogens is 2. The molecule has 1 aliphatic carbocycles. The lowest BCUT2D eigenvalue weighted by Gasteiger charge is -2.36. The Morgan fingerprint density at radius 2 is 1.56 bits per heavy atom. The first kappa shape index (κ1) is 31.5. The Labute approximate surface area is 220 Å². The van der Waals surface area contributed by atoms with Crippen molar-refractivity contribution >= 4 is 50.0 Å². The molecule has 0 unspecified atom stereocenters. The molecule has 11 nitrogen and oxygen atoms in total. The summed E-state index contributed by atoms with van der Waals surface area (Å²) in [5, 5.41) is 9.55. The van der Waals surface area contributed by atoms with Gasteiger partial charge in [-0.3, -0.25) is 13.9 Å².